The lowest BCUT2D eigenvalue weighted by atomic mass is 9.86. The first kappa shape index (κ1) is 11.0. The first-order chi connectivity index (χ1) is 6.45. The summed E-state index contributed by atoms with van der Waals surface area (Å²) in [6, 6.07) is 8.21. The van der Waals surface area contributed by atoms with E-state index in [0.29, 0.717) is 0 Å². The minimum absolute atomic E-state index is 0.0227. The Bertz CT molecular complexity index is 314. The number of aliphatic hydroxyl groups excluding tert-OH is 1. The molecule has 0 spiro atoms. The first-order valence-electron chi connectivity index (χ1n) is 4.84. The highest BCUT2D eigenvalue weighted by Crippen LogP contribution is 2.23. The van der Waals surface area contributed by atoms with E-state index >= 15 is 0 Å². The zero-order chi connectivity index (χ0) is 10.8. The van der Waals surface area contributed by atoms with E-state index in [1.54, 1.807) is 0 Å². The molecule has 0 fully saturated rings. The molecule has 1 aromatic carbocycles. The van der Waals surface area contributed by atoms with Gasteiger partial charge in [-0.25, -0.2) is 0 Å². The van der Waals surface area contributed by atoms with Crippen molar-refractivity contribution in [3.8, 4) is 0 Å². The van der Waals surface area contributed by atoms with Crippen LogP contribution in [0.5, 0.6) is 0 Å². The van der Waals surface area contributed by atoms with Gasteiger partial charge in [-0.15, -0.1) is 0 Å². The molecule has 76 valence electrons. The van der Waals surface area contributed by atoms with E-state index in [0.717, 1.165) is 11.1 Å². The van der Waals surface area contributed by atoms with Crippen LogP contribution in [0.25, 0.3) is 5.57 Å². The summed E-state index contributed by atoms with van der Waals surface area (Å²) >= 11 is 0. The second kappa shape index (κ2) is 3.97. The van der Waals surface area contributed by atoms with E-state index in [9.17, 15) is 0 Å². The summed E-state index contributed by atoms with van der Waals surface area (Å²) in [7, 11) is 0. The van der Waals surface area contributed by atoms with Gasteiger partial charge in [0.05, 0.1) is 6.61 Å². The van der Waals surface area contributed by atoms with Crippen LogP contribution in [0, 0.1) is 0 Å². The highest BCUT2D eigenvalue weighted by molar-refractivity contribution is 5.64. The predicted octanol–water partition coefficient (Wildman–Crippen LogP) is 2.99. The van der Waals surface area contributed by atoms with E-state index in [2.05, 4.69) is 39.5 Å². The molecule has 1 heteroatoms. The van der Waals surface area contributed by atoms with Crippen LogP contribution in [0.4, 0.5) is 0 Å². The number of hydrogen-bond donors (Lipinski definition) is 1. The van der Waals surface area contributed by atoms with Gasteiger partial charge in [0, 0.05) is 0 Å². The van der Waals surface area contributed by atoms with Crippen molar-refractivity contribution in [1.82, 2.24) is 0 Å². The predicted molar refractivity (Wildman–Crippen MR) is 61.3 cm³/mol. The summed E-state index contributed by atoms with van der Waals surface area (Å²) in [6.45, 7) is 10.4. The van der Waals surface area contributed by atoms with Gasteiger partial charge in [-0.1, -0.05) is 51.6 Å². The topological polar surface area (TPSA) is 20.2 Å². The number of hydrogen-bond acceptors (Lipinski definition) is 1. The van der Waals surface area contributed by atoms with Crippen LogP contribution in [0.3, 0.4) is 0 Å². The Morgan fingerprint density at radius 2 is 1.71 bits per heavy atom. The average Bonchev–Trinajstić information content (AvgIpc) is 2.15. The van der Waals surface area contributed by atoms with Crippen molar-refractivity contribution in [2.45, 2.75) is 26.2 Å². The lowest BCUT2D eigenvalue weighted by Crippen LogP contribution is -2.10. The van der Waals surface area contributed by atoms with Crippen LogP contribution < -0.4 is 0 Å². The van der Waals surface area contributed by atoms with E-state index in [4.69, 9.17) is 5.11 Å². The maximum absolute atomic E-state index is 8.92. The Hall–Kier alpha value is -1.08. The van der Waals surface area contributed by atoms with Gasteiger partial charge >= 0.3 is 0 Å². The van der Waals surface area contributed by atoms with Gasteiger partial charge in [-0.2, -0.15) is 0 Å². The fraction of sp³-hybridized carbons (Fsp3) is 0.385. The molecule has 0 radical (unpaired) electrons. The van der Waals surface area contributed by atoms with Crippen LogP contribution in [-0.4, -0.2) is 11.7 Å². The summed E-state index contributed by atoms with van der Waals surface area (Å²) in [5, 5.41) is 8.92. The molecule has 0 atom stereocenters. The summed E-state index contributed by atoms with van der Waals surface area (Å²) in [5.74, 6) is 0. The molecule has 14 heavy (non-hydrogen) atoms. The van der Waals surface area contributed by atoms with Gasteiger partial charge in [0.15, 0.2) is 0 Å². The summed E-state index contributed by atoms with van der Waals surface area (Å²) in [4.78, 5) is 0. The highest BCUT2D eigenvalue weighted by atomic mass is 16.3. The van der Waals surface area contributed by atoms with E-state index in [1.165, 1.54) is 5.56 Å². The second-order valence-corrected chi connectivity index (χ2v) is 4.59. The maximum atomic E-state index is 8.92. The zero-order valence-corrected chi connectivity index (χ0v) is 9.17. The molecule has 0 aliphatic rings. The van der Waals surface area contributed by atoms with Gasteiger partial charge < -0.3 is 5.11 Å². The number of rotatable bonds is 2. The minimum atomic E-state index is 0.0227. The van der Waals surface area contributed by atoms with Crippen LogP contribution >= 0.6 is 0 Å². The van der Waals surface area contributed by atoms with Crippen LogP contribution in [0.1, 0.15) is 31.9 Å². The Balaban J connectivity index is 2.95. The SMILES string of the molecule is C=C(CO)c1ccc(C(C)(C)C)cc1. The van der Waals surface area contributed by atoms with Crippen LogP contribution in [0.15, 0.2) is 30.8 Å². The molecule has 0 amide bonds. The van der Waals surface area contributed by atoms with E-state index < -0.39 is 0 Å². The molecule has 0 saturated heterocycles. The van der Waals surface area contributed by atoms with Crippen molar-refractivity contribution in [3.63, 3.8) is 0 Å². The second-order valence-electron chi connectivity index (χ2n) is 4.59. The fourth-order valence-corrected chi connectivity index (χ4v) is 1.30. The molecule has 0 saturated carbocycles. The molecule has 0 unspecified atom stereocenters. The minimum Gasteiger partial charge on any atom is -0.392 e. The molecule has 1 rings (SSSR count). The highest BCUT2D eigenvalue weighted by Gasteiger charge is 2.12. The standard InChI is InChI=1S/C13H18O/c1-10(9-14)11-5-7-12(8-6-11)13(2,3)4/h5-8,14H,1,9H2,2-4H3. The quantitative estimate of drug-likeness (QED) is 0.760. The van der Waals surface area contributed by atoms with Crippen molar-refractivity contribution in [3.05, 3.63) is 42.0 Å². The van der Waals surface area contributed by atoms with E-state index in [-0.39, 0.29) is 12.0 Å². The van der Waals surface area contributed by atoms with Gasteiger partial charge in [-0.3, -0.25) is 0 Å². The Kier molecular flexibility index (Phi) is 3.12. The summed E-state index contributed by atoms with van der Waals surface area (Å²) < 4.78 is 0. The maximum Gasteiger partial charge on any atom is 0.0681 e. The van der Waals surface area contributed by atoms with Crippen LogP contribution in [0.2, 0.25) is 0 Å². The van der Waals surface area contributed by atoms with Crippen molar-refractivity contribution >= 4 is 5.57 Å². The number of aliphatic hydroxyl groups is 1. The number of benzene rings is 1. The smallest absolute Gasteiger partial charge is 0.0681 e. The van der Waals surface area contributed by atoms with Crippen molar-refractivity contribution in [2.75, 3.05) is 6.61 Å². The average molecular weight is 190 g/mol. The third-order valence-electron chi connectivity index (χ3n) is 2.35. The third kappa shape index (κ3) is 2.46. The van der Waals surface area contributed by atoms with Crippen molar-refractivity contribution in [1.29, 1.82) is 0 Å². The Labute approximate surface area is 86.1 Å². The van der Waals surface area contributed by atoms with Gasteiger partial charge in [0.25, 0.3) is 0 Å². The van der Waals surface area contributed by atoms with Gasteiger partial charge in [0.1, 0.15) is 0 Å². The third-order valence-corrected chi connectivity index (χ3v) is 2.35. The van der Waals surface area contributed by atoms with Crippen molar-refractivity contribution < 1.29 is 5.11 Å². The molecule has 0 aliphatic carbocycles. The lowest BCUT2D eigenvalue weighted by Gasteiger charge is -2.19. The molecule has 0 bridgehead atoms. The summed E-state index contributed by atoms with van der Waals surface area (Å²) in [5.41, 5.74) is 3.26. The summed E-state index contributed by atoms with van der Waals surface area (Å²) in [6.07, 6.45) is 0. The fourth-order valence-electron chi connectivity index (χ4n) is 1.30. The Morgan fingerprint density at radius 1 is 1.21 bits per heavy atom. The van der Waals surface area contributed by atoms with Crippen molar-refractivity contribution in [2.24, 2.45) is 0 Å². The molecule has 0 aliphatic heterocycles. The molecular weight excluding hydrogens is 172 g/mol. The van der Waals surface area contributed by atoms with Gasteiger partial charge in [0.2, 0.25) is 0 Å². The Morgan fingerprint density at radius 3 is 2.07 bits per heavy atom. The molecular formula is C13H18O. The molecule has 1 nitrogen and oxygen atoms in total. The zero-order valence-electron chi connectivity index (χ0n) is 9.17. The lowest BCUT2D eigenvalue weighted by molar-refractivity contribution is 0.350. The molecule has 1 N–H and O–H groups in total. The normalized spacial score (nSPS) is 11.4. The first-order valence-corrected chi connectivity index (χ1v) is 4.84. The van der Waals surface area contributed by atoms with Crippen LogP contribution in [-0.2, 0) is 5.41 Å². The largest absolute Gasteiger partial charge is 0.392 e. The van der Waals surface area contributed by atoms with Gasteiger partial charge in [-0.05, 0) is 22.1 Å². The monoisotopic (exact) mass is 190 g/mol. The molecule has 1 aromatic rings. The molecule has 0 heterocycles. The van der Waals surface area contributed by atoms with E-state index in [1.807, 2.05) is 12.1 Å². The molecule has 0 aromatic heterocycles.